The van der Waals surface area contributed by atoms with E-state index in [2.05, 4.69) is 15.4 Å². The first-order valence-electron chi connectivity index (χ1n) is 11.1. The van der Waals surface area contributed by atoms with E-state index in [1.54, 1.807) is 36.8 Å². The highest BCUT2D eigenvalue weighted by molar-refractivity contribution is 6.09. The molecule has 4 aromatic rings. The number of fused-ring (bicyclic) bond motifs is 2. The van der Waals surface area contributed by atoms with Crippen LogP contribution in [0.4, 0.5) is 5.69 Å². The number of amides is 1. The number of rotatable bonds is 5. The van der Waals surface area contributed by atoms with E-state index in [4.69, 9.17) is 5.10 Å². The number of nitrogens with one attached hydrogen (secondary N) is 1. The number of nitrogens with zero attached hydrogens (tertiary/aromatic N) is 5. The van der Waals surface area contributed by atoms with Gasteiger partial charge < -0.3 is 15.2 Å². The smallest absolute Gasteiger partial charge is 0.261 e. The summed E-state index contributed by atoms with van der Waals surface area (Å²) in [5, 5.41) is 23.5. The molecule has 0 atom stereocenters. The predicted octanol–water partition coefficient (Wildman–Crippen LogP) is 3.49. The van der Waals surface area contributed by atoms with Crippen molar-refractivity contribution >= 4 is 34.4 Å². The first-order chi connectivity index (χ1) is 15.8. The number of aliphatic hydroxyl groups is 1. The van der Waals surface area contributed by atoms with Crippen LogP contribution in [-0.2, 0) is 10.4 Å². The average Bonchev–Trinajstić information content (AvgIpc) is 3.42. The summed E-state index contributed by atoms with van der Waals surface area (Å²) in [5.41, 5.74) is 1.45. The molecular weight excluding hydrogens is 420 g/mol. The zero-order valence-corrected chi connectivity index (χ0v) is 18.6. The molecule has 1 aliphatic carbocycles. The van der Waals surface area contributed by atoms with Crippen LogP contribution in [0.15, 0.2) is 43.0 Å². The fourth-order valence-electron chi connectivity index (χ4n) is 4.57. The number of hydrogen-bond donors (Lipinski definition) is 2. The lowest BCUT2D eigenvalue weighted by Gasteiger charge is -2.25. The molecule has 0 aliphatic heterocycles. The number of anilines is 1. The highest BCUT2D eigenvalue weighted by atomic mass is 16.3. The van der Waals surface area contributed by atoms with Crippen molar-refractivity contribution in [3.8, 4) is 0 Å². The predicted molar refractivity (Wildman–Crippen MR) is 123 cm³/mol. The molecule has 0 unspecified atom stereocenters. The second kappa shape index (κ2) is 8.08. The van der Waals surface area contributed by atoms with Gasteiger partial charge >= 0.3 is 0 Å². The van der Waals surface area contributed by atoms with E-state index in [1.165, 1.54) is 6.20 Å². The van der Waals surface area contributed by atoms with Crippen LogP contribution in [0.2, 0.25) is 0 Å². The Morgan fingerprint density at radius 2 is 2.03 bits per heavy atom. The Morgan fingerprint density at radius 1 is 1.24 bits per heavy atom. The molecule has 33 heavy (non-hydrogen) atoms. The Labute approximate surface area is 190 Å². The van der Waals surface area contributed by atoms with Gasteiger partial charge in [-0.1, -0.05) is 0 Å². The average molecular weight is 447 g/mol. The molecule has 1 amide bonds. The second-order valence-electron chi connectivity index (χ2n) is 9.23. The second-order valence-corrected chi connectivity index (χ2v) is 9.23. The third kappa shape index (κ3) is 4.00. The van der Waals surface area contributed by atoms with Crippen LogP contribution in [-0.4, -0.2) is 41.7 Å². The summed E-state index contributed by atoms with van der Waals surface area (Å²) in [6.45, 7) is 3.36. The van der Waals surface area contributed by atoms with Crippen molar-refractivity contribution < 1.29 is 14.7 Å². The molecule has 0 saturated heterocycles. The van der Waals surface area contributed by atoms with Crippen molar-refractivity contribution in [2.24, 2.45) is 5.92 Å². The highest BCUT2D eigenvalue weighted by Gasteiger charge is 2.26. The van der Waals surface area contributed by atoms with Gasteiger partial charge in [0.1, 0.15) is 11.8 Å². The molecule has 3 heterocycles. The minimum Gasteiger partial charge on any atom is -0.386 e. The van der Waals surface area contributed by atoms with Crippen molar-refractivity contribution in [1.29, 1.82) is 0 Å². The molecule has 9 heteroatoms. The summed E-state index contributed by atoms with van der Waals surface area (Å²) in [6, 6.07) is 5.65. The first kappa shape index (κ1) is 21.3. The zero-order valence-electron chi connectivity index (χ0n) is 18.6. The van der Waals surface area contributed by atoms with Crippen LogP contribution in [0, 0.1) is 5.92 Å². The summed E-state index contributed by atoms with van der Waals surface area (Å²) in [6.07, 6.45) is 11.4. The number of carbonyl (C=O) groups is 2. The Hall–Kier alpha value is -3.59. The number of benzene rings is 1. The molecule has 1 fully saturated rings. The third-order valence-electron chi connectivity index (χ3n) is 6.40. The zero-order chi connectivity index (χ0) is 23.2. The van der Waals surface area contributed by atoms with Gasteiger partial charge in [-0.15, -0.1) is 0 Å². The van der Waals surface area contributed by atoms with E-state index in [0.29, 0.717) is 22.5 Å². The van der Waals surface area contributed by atoms with Gasteiger partial charge in [0.05, 0.1) is 23.4 Å². The molecule has 0 bridgehead atoms. The van der Waals surface area contributed by atoms with Crippen molar-refractivity contribution in [3.63, 3.8) is 0 Å². The maximum atomic E-state index is 13.1. The van der Waals surface area contributed by atoms with Crippen LogP contribution in [0.3, 0.4) is 0 Å². The minimum atomic E-state index is -1.19. The van der Waals surface area contributed by atoms with E-state index >= 15 is 0 Å². The largest absolute Gasteiger partial charge is 0.386 e. The van der Waals surface area contributed by atoms with Crippen molar-refractivity contribution in [2.75, 3.05) is 5.32 Å². The van der Waals surface area contributed by atoms with Crippen molar-refractivity contribution in [2.45, 2.75) is 51.2 Å². The van der Waals surface area contributed by atoms with E-state index in [9.17, 15) is 14.7 Å². The molecule has 170 valence electrons. The molecule has 9 nitrogen and oxygen atoms in total. The molecular formula is C24H26N6O3. The summed E-state index contributed by atoms with van der Waals surface area (Å²) in [7, 11) is 0. The van der Waals surface area contributed by atoms with Crippen LogP contribution in [0.25, 0.3) is 16.6 Å². The SMILES string of the molecule is CC(C)(O)c1cc2nn(C3CCC(C=O)CC3)cc2cc1NC(=O)c1cnn2cccnc12. The van der Waals surface area contributed by atoms with Gasteiger partial charge in [0.2, 0.25) is 0 Å². The molecule has 1 saturated carbocycles. The molecule has 0 spiro atoms. The Morgan fingerprint density at radius 3 is 2.76 bits per heavy atom. The quantitative estimate of drug-likeness (QED) is 0.454. The van der Waals surface area contributed by atoms with Gasteiger partial charge in [-0.3, -0.25) is 9.48 Å². The molecule has 5 rings (SSSR count). The number of hydrogen-bond acceptors (Lipinski definition) is 6. The summed E-state index contributed by atoms with van der Waals surface area (Å²) < 4.78 is 3.50. The number of aromatic nitrogens is 5. The normalized spacial score (nSPS) is 19.1. The molecule has 0 radical (unpaired) electrons. The monoisotopic (exact) mass is 446 g/mol. The lowest BCUT2D eigenvalue weighted by Crippen LogP contribution is -2.21. The van der Waals surface area contributed by atoms with Crippen molar-refractivity contribution in [1.82, 2.24) is 24.4 Å². The minimum absolute atomic E-state index is 0.143. The molecule has 2 N–H and O–H groups in total. The fraction of sp³-hybridized carbons (Fsp3) is 0.375. The molecule has 1 aromatic carbocycles. The van der Waals surface area contributed by atoms with Crippen LogP contribution in [0.5, 0.6) is 0 Å². The first-order valence-corrected chi connectivity index (χ1v) is 11.1. The topological polar surface area (TPSA) is 114 Å². The Balaban J connectivity index is 1.49. The van der Waals surface area contributed by atoms with Gasteiger partial charge in [-0.2, -0.15) is 10.2 Å². The van der Waals surface area contributed by atoms with Crippen molar-refractivity contribution in [3.05, 3.63) is 54.1 Å². The van der Waals surface area contributed by atoms with E-state index in [0.717, 1.165) is 42.9 Å². The highest BCUT2D eigenvalue weighted by Crippen LogP contribution is 2.35. The summed E-state index contributed by atoms with van der Waals surface area (Å²) in [5.74, 6) is -0.211. The van der Waals surface area contributed by atoms with E-state index < -0.39 is 5.60 Å². The van der Waals surface area contributed by atoms with Gasteiger partial charge in [0.15, 0.2) is 5.65 Å². The maximum Gasteiger partial charge on any atom is 0.261 e. The van der Waals surface area contributed by atoms with E-state index in [-0.39, 0.29) is 17.9 Å². The van der Waals surface area contributed by atoms with Gasteiger partial charge in [-0.25, -0.2) is 9.50 Å². The Bertz CT molecular complexity index is 1340. The molecule has 3 aromatic heterocycles. The lowest BCUT2D eigenvalue weighted by atomic mass is 9.87. The summed E-state index contributed by atoms with van der Waals surface area (Å²) in [4.78, 5) is 28.4. The summed E-state index contributed by atoms with van der Waals surface area (Å²) >= 11 is 0. The van der Waals surface area contributed by atoms with Crippen LogP contribution < -0.4 is 5.32 Å². The van der Waals surface area contributed by atoms with Gasteiger partial charge in [-0.05, 0) is 57.7 Å². The molecule has 1 aliphatic rings. The maximum absolute atomic E-state index is 13.1. The van der Waals surface area contributed by atoms with Crippen LogP contribution in [0.1, 0.15) is 61.5 Å². The number of carbonyl (C=O) groups excluding carboxylic acids is 2. The van der Waals surface area contributed by atoms with Gasteiger partial charge in [0, 0.05) is 41.1 Å². The Kier molecular flexibility index (Phi) is 5.20. The standard InChI is InChI=1S/C24H26N6O3/c1-24(2,33)19-11-20-16(13-30(28-20)17-6-4-15(14-31)5-7-17)10-21(19)27-23(32)18-12-26-29-9-3-8-25-22(18)29/h3,8-15,17,33H,4-7H2,1-2H3,(H,27,32). The number of aldehydes is 1. The van der Waals surface area contributed by atoms with E-state index in [1.807, 2.05) is 23.0 Å². The third-order valence-corrected chi connectivity index (χ3v) is 6.40. The lowest BCUT2D eigenvalue weighted by molar-refractivity contribution is -0.112. The fourth-order valence-corrected chi connectivity index (χ4v) is 4.57. The van der Waals surface area contributed by atoms with Crippen LogP contribution >= 0.6 is 0 Å². The van der Waals surface area contributed by atoms with Gasteiger partial charge in [0.25, 0.3) is 5.91 Å².